The van der Waals surface area contributed by atoms with Crippen LogP contribution in [0.1, 0.15) is 24.9 Å². The summed E-state index contributed by atoms with van der Waals surface area (Å²) in [5, 5.41) is 11.5. The van der Waals surface area contributed by atoms with Crippen LogP contribution >= 0.6 is 0 Å². The average Bonchev–Trinajstić information content (AvgIpc) is 2.88. The SMILES string of the molecule is C[C@]1(CO)C[C@H](c2ccccc2)N(c2ccccc2)O1. The summed E-state index contributed by atoms with van der Waals surface area (Å²) in [6.45, 7) is 1.96. The summed E-state index contributed by atoms with van der Waals surface area (Å²) in [7, 11) is 0. The number of hydrogen-bond donors (Lipinski definition) is 1. The van der Waals surface area contributed by atoms with E-state index in [0.717, 1.165) is 12.1 Å². The molecule has 20 heavy (non-hydrogen) atoms. The molecular weight excluding hydrogens is 250 g/mol. The lowest BCUT2D eigenvalue weighted by Crippen LogP contribution is -2.31. The second kappa shape index (κ2) is 5.27. The Kier molecular flexibility index (Phi) is 3.47. The monoisotopic (exact) mass is 269 g/mol. The lowest BCUT2D eigenvalue weighted by molar-refractivity contribution is -0.0377. The molecular formula is C17H19NO2. The number of anilines is 1. The first-order valence-electron chi connectivity index (χ1n) is 6.91. The van der Waals surface area contributed by atoms with E-state index in [0.29, 0.717) is 0 Å². The molecule has 0 unspecified atom stereocenters. The number of hydroxylamine groups is 1. The predicted molar refractivity (Wildman–Crippen MR) is 79.3 cm³/mol. The van der Waals surface area contributed by atoms with Crippen molar-refractivity contribution < 1.29 is 9.94 Å². The normalized spacial score (nSPS) is 25.9. The minimum atomic E-state index is -0.531. The first-order valence-corrected chi connectivity index (χ1v) is 6.91. The highest BCUT2D eigenvalue weighted by Gasteiger charge is 2.42. The molecule has 0 spiro atoms. The molecule has 1 aliphatic heterocycles. The number of rotatable bonds is 3. The molecule has 0 bridgehead atoms. The maximum Gasteiger partial charge on any atom is 0.119 e. The second-order valence-corrected chi connectivity index (χ2v) is 5.49. The highest BCUT2D eigenvalue weighted by atomic mass is 16.7. The van der Waals surface area contributed by atoms with Crippen molar-refractivity contribution in [1.82, 2.24) is 0 Å². The van der Waals surface area contributed by atoms with E-state index in [1.807, 2.05) is 60.5 Å². The summed E-state index contributed by atoms with van der Waals surface area (Å²) < 4.78 is 0. The van der Waals surface area contributed by atoms with Gasteiger partial charge in [0.2, 0.25) is 0 Å². The van der Waals surface area contributed by atoms with Crippen LogP contribution in [0.4, 0.5) is 5.69 Å². The lowest BCUT2D eigenvalue weighted by Gasteiger charge is -2.26. The molecule has 3 nitrogen and oxygen atoms in total. The summed E-state index contributed by atoms with van der Waals surface area (Å²) >= 11 is 0. The third kappa shape index (κ3) is 2.42. The van der Waals surface area contributed by atoms with Crippen LogP contribution in [0.3, 0.4) is 0 Å². The molecule has 0 saturated carbocycles. The Morgan fingerprint density at radius 1 is 1.10 bits per heavy atom. The molecule has 0 amide bonds. The Bertz CT molecular complexity index is 508. The third-order valence-electron chi connectivity index (χ3n) is 3.76. The van der Waals surface area contributed by atoms with Crippen molar-refractivity contribution in [3.05, 3.63) is 66.2 Å². The van der Waals surface area contributed by atoms with E-state index in [4.69, 9.17) is 4.84 Å². The van der Waals surface area contributed by atoms with Crippen LogP contribution in [0.25, 0.3) is 0 Å². The van der Waals surface area contributed by atoms with Crippen LogP contribution in [0.2, 0.25) is 0 Å². The van der Waals surface area contributed by atoms with Crippen LogP contribution in [-0.4, -0.2) is 17.3 Å². The molecule has 104 valence electrons. The Morgan fingerprint density at radius 3 is 2.30 bits per heavy atom. The highest BCUT2D eigenvalue weighted by Crippen LogP contribution is 2.42. The van der Waals surface area contributed by atoms with E-state index >= 15 is 0 Å². The highest BCUT2D eigenvalue weighted by molar-refractivity contribution is 5.47. The van der Waals surface area contributed by atoms with E-state index < -0.39 is 5.60 Å². The van der Waals surface area contributed by atoms with E-state index in [9.17, 15) is 5.11 Å². The fourth-order valence-corrected chi connectivity index (χ4v) is 2.66. The van der Waals surface area contributed by atoms with Gasteiger partial charge in [0.1, 0.15) is 5.60 Å². The van der Waals surface area contributed by atoms with Crippen LogP contribution in [0.5, 0.6) is 0 Å². The molecule has 2 aromatic carbocycles. The topological polar surface area (TPSA) is 32.7 Å². The van der Waals surface area contributed by atoms with Gasteiger partial charge in [0, 0.05) is 6.42 Å². The maximum absolute atomic E-state index is 9.60. The second-order valence-electron chi connectivity index (χ2n) is 5.49. The third-order valence-corrected chi connectivity index (χ3v) is 3.76. The van der Waals surface area contributed by atoms with Gasteiger partial charge in [-0.15, -0.1) is 0 Å². The summed E-state index contributed by atoms with van der Waals surface area (Å²) in [5.74, 6) is 0. The van der Waals surface area contributed by atoms with Crippen molar-refractivity contribution in [2.45, 2.75) is 25.0 Å². The largest absolute Gasteiger partial charge is 0.393 e. The Balaban J connectivity index is 1.97. The van der Waals surface area contributed by atoms with E-state index in [1.54, 1.807) is 0 Å². The van der Waals surface area contributed by atoms with Gasteiger partial charge in [-0.25, -0.2) is 5.06 Å². The summed E-state index contributed by atoms with van der Waals surface area (Å²) in [6.07, 6.45) is 0.766. The smallest absolute Gasteiger partial charge is 0.119 e. The number of hydrogen-bond acceptors (Lipinski definition) is 3. The van der Waals surface area contributed by atoms with Crippen LogP contribution in [-0.2, 0) is 4.84 Å². The van der Waals surface area contributed by atoms with Gasteiger partial charge in [0.25, 0.3) is 0 Å². The Morgan fingerprint density at radius 2 is 1.70 bits per heavy atom. The zero-order valence-electron chi connectivity index (χ0n) is 11.6. The predicted octanol–water partition coefficient (Wildman–Crippen LogP) is 3.32. The molecule has 2 atom stereocenters. The number of aliphatic hydroxyl groups excluding tert-OH is 1. The molecule has 3 heteroatoms. The quantitative estimate of drug-likeness (QED) is 0.927. The van der Waals surface area contributed by atoms with Crippen LogP contribution in [0, 0.1) is 0 Å². The molecule has 1 fully saturated rings. The van der Waals surface area contributed by atoms with Gasteiger partial charge in [-0.05, 0) is 24.6 Å². The number of para-hydroxylation sites is 1. The zero-order chi connectivity index (χ0) is 14.0. The number of benzene rings is 2. The summed E-state index contributed by atoms with van der Waals surface area (Å²) in [4.78, 5) is 6.03. The van der Waals surface area contributed by atoms with Crippen molar-refractivity contribution >= 4 is 5.69 Å². The summed E-state index contributed by atoms with van der Waals surface area (Å²) in [5.41, 5.74) is 1.68. The van der Waals surface area contributed by atoms with Gasteiger partial charge < -0.3 is 5.11 Å². The van der Waals surface area contributed by atoms with Crippen molar-refractivity contribution in [1.29, 1.82) is 0 Å². The lowest BCUT2D eigenvalue weighted by atomic mass is 9.94. The van der Waals surface area contributed by atoms with Gasteiger partial charge in [-0.3, -0.25) is 4.84 Å². The Labute approximate surface area is 119 Å². The number of nitrogens with zero attached hydrogens (tertiary/aromatic N) is 1. The fourth-order valence-electron chi connectivity index (χ4n) is 2.66. The van der Waals surface area contributed by atoms with Crippen molar-refractivity contribution in [3.8, 4) is 0 Å². The van der Waals surface area contributed by atoms with Gasteiger partial charge >= 0.3 is 0 Å². The standard InChI is InChI=1S/C17H19NO2/c1-17(13-19)12-16(14-8-4-2-5-9-14)18(20-17)15-10-6-3-7-11-15/h2-11,16,19H,12-13H2,1H3/t16-,17-/m1/s1. The molecule has 0 radical (unpaired) electrons. The van der Waals surface area contributed by atoms with Gasteiger partial charge in [-0.2, -0.15) is 0 Å². The van der Waals surface area contributed by atoms with Gasteiger partial charge in [-0.1, -0.05) is 48.5 Å². The molecule has 3 rings (SSSR count). The first kappa shape index (κ1) is 13.2. The fraction of sp³-hybridized carbons (Fsp3) is 0.294. The van der Waals surface area contributed by atoms with E-state index in [2.05, 4.69) is 12.1 Å². The maximum atomic E-state index is 9.60. The molecule has 1 N–H and O–H groups in total. The first-order chi connectivity index (χ1) is 9.72. The Hall–Kier alpha value is -1.84. The zero-order valence-corrected chi connectivity index (χ0v) is 11.6. The molecule has 0 aliphatic carbocycles. The molecule has 1 aliphatic rings. The van der Waals surface area contributed by atoms with Crippen LogP contribution < -0.4 is 5.06 Å². The van der Waals surface area contributed by atoms with Gasteiger partial charge in [0.15, 0.2) is 0 Å². The molecule has 1 heterocycles. The minimum absolute atomic E-state index is 0.0136. The molecule has 2 aromatic rings. The number of aliphatic hydroxyl groups is 1. The molecule has 1 saturated heterocycles. The van der Waals surface area contributed by atoms with E-state index in [1.165, 1.54) is 5.56 Å². The van der Waals surface area contributed by atoms with Crippen molar-refractivity contribution in [2.75, 3.05) is 11.7 Å². The minimum Gasteiger partial charge on any atom is -0.393 e. The molecule has 0 aromatic heterocycles. The van der Waals surface area contributed by atoms with Crippen molar-refractivity contribution in [3.63, 3.8) is 0 Å². The van der Waals surface area contributed by atoms with E-state index in [-0.39, 0.29) is 12.6 Å². The van der Waals surface area contributed by atoms with Crippen LogP contribution in [0.15, 0.2) is 60.7 Å². The van der Waals surface area contributed by atoms with Crippen molar-refractivity contribution in [2.24, 2.45) is 0 Å². The van der Waals surface area contributed by atoms with Gasteiger partial charge in [0.05, 0.1) is 18.3 Å². The average molecular weight is 269 g/mol. The summed E-state index contributed by atoms with van der Waals surface area (Å²) in [6, 6.07) is 20.4.